The Kier molecular flexibility index (Phi) is 3.77. The van der Waals surface area contributed by atoms with Crippen molar-refractivity contribution in [3.05, 3.63) is 11.4 Å². The van der Waals surface area contributed by atoms with Crippen LogP contribution in [0.15, 0.2) is 4.63 Å². The Morgan fingerprint density at radius 1 is 1.36 bits per heavy atom. The highest BCUT2D eigenvalue weighted by atomic mass is 16.6. The predicted molar refractivity (Wildman–Crippen MR) is 71.6 cm³/mol. The van der Waals surface area contributed by atoms with E-state index >= 15 is 0 Å². The molecule has 0 aromatic carbocycles. The molecule has 1 aliphatic rings. The molecule has 2 rings (SSSR count). The normalized spacial score (nSPS) is 21.3. The van der Waals surface area contributed by atoms with Crippen LogP contribution < -0.4 is 16.0 Å². The number of ether oxygens (including phenoxy) is 1. The van der Waals surface area contributed by atoms with Crippen LogP contribution in [-0.4, -0.2) is 40.5 Å². The molecular weight excluding hydrogens is 294 g/mol. The van der Waals surface area contributed by atoms with Crippen molar-refractivity contribution in [2.45, 2.75) is 38.8 Å². The van der Waals surface area contributed by atoms with Crippen molar-refractivity contribution >= 4 is 18.0 Å². The monoisotopic (exact) mass is 311 g/mol. The lowest BCUT2D eigenvalue weighted by atomic mass is 9.94. The summed E-state index contributed by atoms with van der Waals surface area (Å²) in [4.78, 5) is 35.4. The van der Waals surface area contributed by atoms with E-state index in [1.807, 2.05) is 0 Å². The van der Waals surface area contributed by atoms with E-state index in [-0.39, 0.29) is 12.2 Å². The van der Waals surface area contributed by atoms with Gasteiger partial charge in [0.2, 0.25) is 0 Å². The molecule has 0 aliphatic carbocycles. The van der Waals surface area contributed by atoms with Gasteiger partial charge in [-0.3, -0.25) is 10.1 Å². The lowest BCUT2D eigenvalue weighted by Gasteiger charge is -2.25. The van der Waals surface area contributed by atoms with Gasteiger partial charge in [-0.1, -0.05) is 10.3 Å². The van der Waals surface area contributed by atoms with Gasteiger partial charge in [-0.2, -0.15) is 0 Å². The van der Waals surface area contributed by atoms with Gasteiger partial charge in [0.1, 0.15) is 17.0 Å². The van der Waals surface area contributed by atoms with E-state index in [0.717, 1.165) is 0 Å². The summed E-state index contributed by atoms with van der Waals surface area (Å²) in [5.74, 6) is -0.660. The largest absolute Gasteiger partial charge is 0.444 e. The number of alkyl carbamates (subject to hydrolysis) is 1. The fourth-order valence-corrected chi connectivity index (χ4v) is 2.00. The van der Waals surface area contributed by atoms with Crippen molar-refractivity contribution < 1.29 is 23.7 Å². The number of carbonyl (C=O) groups is 3. The summed E-state index contributed by atoms with van der Waals surface area (Å²) < 4.78 is 9.68. The van der Waals surface area contributed by atoms with Crippen LogP contribution in [0.4, 0.5) is 9.59 Å². The maximum absolute atomic E-state index is 12.2. The summed E-state index contributed by atoms with van der Waals surface area (Å²) in [6.45, 7) is 6.43. The first-order chi connectivity index (χ1) is 10.1. The Hall–Kier alpha value is -2.65. The van der Waals surface area contributed by atoms with Crippen LogP contribution in [-0.2, 0) is 15.1 Å². The fourth-order valence-electron chi connectivity index (χ4n) is 2.00. The molecule has 10 nitrogen and oxygen atoms in total. The molecule has 1 aliphatic heterocycles. The average Bonchev–Trinajstić information content (AvgIpc) is 2.89. The number of carbonyl (C=O) groups excluding carboxylic acids is 3. The number of aromatic nitrogens is 2. The maximum Gasteiger partial charge on any atom is 0.407 e. The summed E-state index contributed by atoms with van der Waals surface area (Å²) in [6, 6.07) is -0.696. The third-order valence-corrected chi connectivity index (χ3v) is 2.90. The standard InChI is InChI=1S/C12H17N5O5/c1-6-7(17-22-16-6)12(8(18)14-9(19)15-12)5-13-10(20)21-11(2,3)4/h5H2,1-4H3,(H,13,20)(H2,14,15,18,19)/t12-/m1/s1. The number of rotatable bonds is 3. The second kappa shape index (κ2) is 5.28. The summed E-state index contributed by atoms with van der Waals surface area (Å²) in [5.41, 5.74) is -1.84. The van der Waals surface area contributed by atoms with E-state index in [0.29, 0.717) is 5.69 Å². The molecule has 1 saturated heterocycles. The molecule has 10 heteroatoms. The van der Waals surface area contributed by atoms with Crippen LogP contribution in [0.1, 0.15) is 32.2 Å². The first-order valence-corrected chi connectivity index (χ1v) is 6.54. The molecule has 0 saturated carbocycles. The van der Waals surface area contributed by atoms with Crippen molar-refractivity contribution in [2.75, 3.05) is 6.54 Å². The van der Waals surface area contributed by atoms with Crippen molar-refractivity contribution in [3.8, 4) is 0 Å². The van der Waals surface area contributed by atoms with Gasteiger partial charge in [-0.05, 0) is 27.7 Å². The van der Waals surface area contributed by atoms with Crippen molar-refractivity contribution in [1.29, 1.82) is 0 Å². The van der Waals surface area contributed by atoms with E-state index in [1.165, 1.54) is 0 Å². The number of hydrogen-bond acceptors (Lipinski definition) is 7. The highest BCUT2D eigenvalue weighted by Gasteiger charge is 2.51. The summed E-state index contributed by atoms with van der Waals surface area (Å²) in [7, 11) is 0. The van der Waals surface area contributed by atoms with Crippen LogP contribution in [0.5, 0.6) is 0 Å². The number of nitrogens with zero attached hydrogens (tertiary/aromatic N) is 2. The second-order valence-corrected chi connectivity index (χ2v) is 5.87. The van der Waals surface area contributed by atoms with Gasteiger partial charge in [0.15, 0.2) is 5.54 Å². The number of nitrogens with one attached hydrogen (secondary N) is 3. The molecule has 1 aromatic rings. The molecule has 0 spiro atoms. The zero-order valence-corrected chi connectivity index (χ0v) is 12.6. The van der Waals surface area contributed by atoms with Gasteiger partial charge < -0.3 is 15.4 Å². The van der Waals surface area contributed by atoms with Gasteiger partial charge in [-0.15, -0.1) is 0 Å². The van der Waals surface area contributed by atoms with E-state index in [9.17, 15) is 14.4 Å². The number of amides is 4. The Balaban J connectivity index is 2.21. The smallest absolute Gasteiger partial charge is 0.407 e. The molecule has 0 radical (unpaired) electrons. The maximum atomic E-state index is 12.2. The molecule has 1 atom stereocenters. The number of urea groups is 1. The van der Waals surface area contributed by atoms with E-state index in [4.69, 9.17) is 4.74 Å². The van der Waals surface area contributed by atoms with Crippen molar-refractivity contribution in [3.63, 3.8) is 0 Å². The zero-order valence-electron chi connectivity index (χ0n) is 12.6. The third-order valence-electron chi connectivity index (χ3n) is 2.90. The molecule has 0 bridgehead atoms. The SMILES string of the molecule is Cc1nonc1[C@@]1(CNC(=O)OC(C)(C)C)NC(=O)NC1=O. The van der Waals surface area contributed by atoms with Crippen molar-refractivity contribution in [2.24, 2.45) is 0 Å². The highest BCUT2D eigenvalue weighted by molar-refractivity contribution is 6.07. The van der Waals surface area contributed by atoms with E-state index < -0.39 is 29.2 Å². The Labute approximate surface area is 125 Å². The van der Waals surface area contributed by atoms with Crippen LogP contribution in [0.3, 0.4) is 0 Å². The van der Waals surface area contributed by atoms with E-state index in [1.54, 1.807) is 27.7 Å². The molecule has 120 valence electrons. The summed E-state index contributed by atoms with van der Waals surface area (Å²) >= 11 is 0. The molecule has 0 unspecified atom stereocenters. The number of aryl methyl sites for hydroxylation is 1. The van der Waals surface area contributed by atoms with E-state index in [2.05, 4.69) is 30.9 Å². The topological polar surface area (TPSA) is 135 Å². The summed E-state index contributed by atoms with van der Waals surface area (Å²) in [5, 5.41) is 14.2. The zero-order chi connectivity index (χ0) is 16.5. The van der Waals surface area contributed by atoms with Crippen LogP contribution in [0.2, 0.25) is 0 Å². The predicted octanol–water partition coefficient (Wildman–Crippen LogP) is -0.0626. The molecule has 22 heavy (non-hydrogen) atoms. The molecule has 3 N–H and O–H groups in total. The fraction of sp³-hybridized carbons (Fsp3) is 0.583. The quantitative estimate of drug-likeness (QED) is 0.665. The Bertz CT molecular complexity index is 620. The minimum atomic E-state index is -1.59. The third kappa shape index (κ3) is 3.00. The van der Waals surface area contributed by atoms with Gasteiger partial charge in [0, 0.05) is 0 Å². The lowest BCUT2D eigenvalue weighted by Crippen LogP contribution is -2.53. The van der Waals surface area contributed by atoms with Gasteiger partial charge in [0.25, 0.3) is 5.91 Å². The number of imide groups is 1. The average molecular weight is 311 g/mol. The van der Waals surface area contributed by atoms with Gasteiger partial charge in [-0.25, -0.2) is 14.2 Å². The molecule has 4 amide bonds. The molecular formula is C12H17N5O5. The lowest BCUT2D eigenvalue weighted by molar-refractivity contribution is -0.124. The highest BCUT2D eigenvalue weighted by Crippen LogP contribution is 2.25. The molecule has 1 aromatic heterocycles. The van der Waals surface area contributed by atoms with Gasteiger partial charge >= 0.3 is 12.1 Å². The minimum Gasteiger partial charge on any atom is -0.444 e. The molecule has 2 heterocycles. The van der Waals surface area contributed by atoms with Crippen LogP contribution in [0.25, 0.3) is 0 Å². The van der Waals surface area contributed by atoms with Crippen LogP contribution in [0, 0.1) is 6.92 Å². The summed E-state index contributed by atoms with van der Waals surface area (Å²) in [6.07, 6.45) is -0.727. The Morgan fingerprint density at radius 3 is 2.50 bits per heavy atom. The van der Waals surface area contributed by atoms with Crippen molar-refractivity contribution in [1.82, 2.24) is 26.3 Å². The second-order valence-electron chi connectivity index (χ2n) is 5.87. The van der Waals surface area contributed by atoms with Crippen LogP contribution >= 0.6 is 0 Å². The first kappa shape index (κ1) is 15.7. The molecule has 1 fully saturated rings. The first-order valence-electron chi connectivity index (χ1n) is 6.54. The minimum absolute atomic E-state index is 0.118. The number of hydrogen-bond donors (Lipinski definition) is 3. The van der Waals surface area contributed by atoms with Gasteiger partial charge in [0.05, 0.1) is 6.54 Å². The Morgan fingerprint density at radius 2 is 2.05 bits per heavy atom.